The van der Waals surface area contributed by atoms with Crippen LogP contribution in [0.3, 0.4) is 0 Å². The number of amides is 1. The molecular weight excluding hydrogens is 652 g/mol. The number of halogens is 2. The summed E-state index contributed by atoms with van der Waals surface area (Å²) in [7, 11) is 1.36. The molecule has 12 nitrogen and oxygen atoms in total. The van der Waals surface area contributed by atoms with Gasteiger partial charge in [0, 0.05) is 44.1 Å². The molecule has 0 aliphatic carbocycles. The van der Waals surface area contributed by atoms with Crippen LogP contribution in [0.15, 0.2) is 30.5 Å². The number of ether oxygens (including phenoxy) is 4. The summed E-state index contributed by atoms with van der Waals surface area (Å²) >= 11 is 0. The molecule has 2 aliphatic heterocycles. The minimum atomic E-state index is -1.05. The summed E-state index contributed by atoms with van der Waals surface area (Å²) in [5.74, 6) is 0.152. The summed E-state index contributed by atoms with van der Waals surface area (Å²) in [6.45, 7) is 8.45. The smallest absolute Gasteiger partial charge is 0.413 e. The third kappa shape index (κ3) is 6.31. The van der Waals surface area contributed by atoms with Gasteiger partial charge in [0.2, 0.25) is 6.29 Å². The van der Waals surface area contributed by atoms with E-state index in [0.29, 0.717) is 37.1 Å². The molecule has 50 heavy (non-hydrogen) atoms. The van der Waals surface area contributed by atoms with Crippen LogP contribution in [0, 0.1) is 29.4 Å². The average Bonchev–Trinajstić information content (AvgIpc) is 3.32. The molecule has 3 unspecified atom stereocenters. The third-order valence-corrected chi connectivity index (χ3v) is 8.68. The van der Waals surface area contributed by atoms with Gasteiger partial charge in [0.1, 0.15) is 28.6 Å². The second-order valence-electron chi connectivity index (χ2n) is 13.3. The van der Waals surface area contributed by atoms with Crippen molar-refractivity contribution in [1.82, 2.24) is 19.9 Å². The van der Waals surface area contributed by atoms with Crippen molar-refractivity contribution in [2.75, 3.05) is 25.1 Å². The van der Waals surface area contributed by atoms with Crippen molar-refractivity contribution in [3.05, 3.63) is 47.7 Å². The van der Waals surface area contributed by atoms with Gasteiger partial charge in [-0.1, -0.05) is 12.0 Å². The van der Waals surface area contributed by atoms with Crippen LogP contribution >= 0.6 is 0 Å². The van der Waals surface area contributed by atoms with E-state index in [1.165, 1.54) is 51.4 Å². The number of terminal acetylenes is 1. The maximum Gasteiger partial charge on any atom is 0.413 e. The lowest BCUT2D eigenvalue weighted by molar-refractivity contribution is -0.163. The first-order chi connectivity index (χ1) is 23.7. The quantitative estimate of drug-likeness (QED) is 0.106. The number of esters is 2. The first-order valence-electron chi connectivity index (χ1n) is 16.0. The van der Waals surface area contributed by atoms with Crippen molar-refractivity contribution in [2.45, 2.75) is 65.8 Å². The number of hydrogen-bond acceptors (Lipinski definition) is 11. The molecule has 0 saturated carbocycles. The molecule has 3 atom stereocenters. The van der Waals surface area contributed by atoms with E-state index >= 15 is 8.78 Å². The molecule has 4 aromatic rings. The summed E-state index contributed by atoms with van der Waals surface area (Å²) in [6, 6.07) is 4.96. The Labute approximate surface area is 286 Å². The molecule has 2 bridgehead atoms. The molecular formula is C36H35F2N5O7. The summed E-state index contributed by atoms with van der Waals surface area (Å²) in [5.41, 5.74) is -1.18. The number of methoxy groups -OCH3 is 1. The summed E-state index contributed by atoms with van der Waals surface area (Å²) in [5, 5.41) is 0.886. The van der Waals surface area contributed by atoms with Crippen molar-refractivity contribution in [1.29, 1.82) is 0 Å². The van der Waals surface area contributed by atoms with E-state index in [0.717, 1.165) is 0 Å². The molecule has 1 amide bonds. The van der Waals surface area contributed by atoms with Gasteiger partial charge in [-0.2, -0.15) is 9.97 Å². The highest BCUT2D eigenvalue weighted by Gasteiger charge is 2.45. The number of anilines is 1. The number of rotatable bonds is 6. The predicted octanol–water partition coefficient (Wildman–Crippen LogP) is 5.76. The molecule has 2 aliphatic rings. The molecule has 6 rings (SSSR count). The lowest BCUT2D eigenvalue weighted by atomic mass is 9.95. The zero-order chi connectivity index (χ0) is 36.1. The molecule has 260 valence electrons. The number of carbonyl (C=O) groups excluding carboxylic acids is 3. The van der Waals surface area contributed by atoms with Crippen LogP contribution < -0.4 is 14.4 Å². The predicted molar refractivity (Wildman–Crippen MR) is 178 cm³/mol. The highest BCUT2D eigenvalue weighted by atomic mass is 19.1. The fourth-order valence-corrected chi connectivity index (χ4v) is 6.44. The lowest BCUT2D eigenvalue weighted by Gasteiger charge is -2.41. The van der Waals surface area contributed by atoms with Crippen molar-refractivity contribution in [3.8, 4) is 35.4 Å². The Balaban J connectivity index is 1.43. The zero-order valence-electron chi connectivity index (χ0n) is 28.4. The van der Waals surface area contributed by atoms with Crippen molar-refractivity contribution in [3.63, 3.8) is 0 Å². The van der Waals surface area contributed by atoms with Crippen molar-refractivity contribution in [2.24, 2.45) is 5.41 Å². The van der Waals surface area contributed by atoms with Gasteiger partial charge in [0.05, 0.1) is 35.6 Å². The van der Waals surface area contributed by atoms with Gasteiger partial charge in [0.15, 0.2) is 5.82 Å². The van der Waals surface area contributed by atoms with Gasteiger partial charge < -0.3 is 23.8 Å². The highest BCUT2D eigenvalue weighted by molar-refractivity contribution is 6.03. The average molecular weight is 688 g/mol. The van der Waals surface area contributed by atoms with Crippen LogP contribution in [-0.2, 0) is 19.1 Å². The number of nitrogens with zero attached hydrogens (tertiary/aromatic N) is 5. The largest absolute Gasteiger partial charge is 0.467 e. The van der Waals surface area contributed by atoms with Gasteiger partial charge in [-0.3, -0.25) is 19.5 Å². The van der Waals surface area contributed by atoms with E-state index in [1.807, 2.05) is 4.90 Å². The fourth-order valence-electron chi connectivity index (χ4n) is 6.44. The molecule has 2 saturated heterocycles. The third-order valence-electron chi connectivity index (χ3n) is 8.68. The highest BCUT2D eigenvalue weighted by Crippen LogP contribution is 2.41. The van der Waals surface area contributed by atoms with Crippen molar-refractivity contribution >= 4 is 45.5 Å². The van der Waals surface area contributed by atoms with Crippen molar-refractivity contribution < 1.29 is 42.1 Å². The number of hydrogen-bond donors (Lipinski definition) is 0. The minimum absolute atomic E-state index is 0.0957. The number of fused-ring (bicyclic) bond motifs is 4. The Hall–Kier alpha value is -5.58. The van der Waals surface area contributed by atoms with Crippen LogP contribution in [0.25, 0.3) is 32.9 Å². The Kier molecular flexibility index (Phi) is 8.94. The molecule has 4 heterocycles. The van der Waals surface area contributed by atoms with Gasteiger partial charge in [-0.25, -0.2) is 13.6 Å². The topological polar surface area (TPSA) is 133 Å². The molecule has 14 heteroatoms. The van der Waals surface area contributed by atoms with Crippen LogP contribution in [0.5, 0.6) is 11.8 Å². The Morgan fingerprint density at radius 1 is 1.06 bits per heavy atom. The Bertz CT molecular complexity index is 2080. The van der Waals surface area contributed by atoms with Crippen LogP contribution in [0.2, 0.25) is 0 Å². The van der Waals surface area contributed by atoms with Gasteiger partial charge >= 0.3 is 24.0 Å². The van der Waals surface area contributed by atoms with Crippen LogP contribution in [0.1, 0.15) is 53.0 Å². The number of pyridine rings is 1. The Morgan fingerprint density at radius 2 is 1.76 bits per heavy atom. The number of piperazine rings is 1. The molecule has 2 fully saturated rings. The van der Waals surface area contributed by atoms with Crippen LogP contribution in [0.4, 0.5) is 19.4 Å². The number of benzene rings is 2. The molecule has 0 radical (unpaired) electrons. The van der Waals surface area contributed by atoms with Gasteiger partial charge in [0.25, 0.3) is 0 Å². The zero-order valence-corrected chi connectivity index (χ0v) is 28.4. The van der Waals surface area contributed by atoms with Gasteiger partial charge in [-0.05, 0) is 57.2 Å². The Morgan fingerprint density at radius 3 is 2.38 bits per heavy atom. The first-order valence-corrected chi connectivity index (χ1v) is 16.0. The maximum atomic E-state index is 16.8. The number of aromatic nitrogens is 3. The van der Waals surface area contributed by atoms with E-state index in [9.17, 15) is 14.4 Å². The minimum Gasteiger partial charge on any atom is -0.467 e. The molecule has 2 aromatic heterocycles. The van der Waals surface area contributed by atoms with Gasteiger partial charge in [-0.15, -0.1) is 6.42 Å². The summed E-state index contributed by atoms with van der Waals surface area (Å²) in [4.78, 5) is 54.1. The summed E-state index contributed by atoms with van der Waals surface area (Å²) < 4.78 is 53.2. The van der Waals surface area contributed by atoms with E-state index in [4.69, 9.17) is 25.4 Å². The van der Waals surface area contributed by atoms with E-state index in [1.54, 1.807) is 25.7 Å². The maximum absolute atomic E-state index is 16.8. The standard InChI is InChI=1S/C36H35F2N5O7/c1-8-24-27(37)12-9-20-13-23(50-33(45)36(4,5)6)14-25(28(20)24)30-29(38)31-26(15-39-30)32(41-34(40-31)47-7)42-16-21-10-11-22(17-42)43(21)35(46)49-19(3)48-18(2)44/h1,9,12-15,19,21-22H,10-11,16-17H2,2-7H3. The van der Waals surface area contributed by atoms with Crippen LogP contribution in [-0.4, -0.2) is 76.5 Å². The second kappa shape index (κ2) is 13.0. The second-order valence-corrected chi connectivity index (χ2v) is 13.3. The first kappa shape index (κ1) is 34.3. The summed E-state index contributed by atoms with van der Waals surface area (Å²) in [6.07, 6.45) is 6.87. The molecule has 2 aromatic carbocycles. The van der Waals surface area contributed by atoms with E-state index < -0.39 is 41.4 Å². The van der Waals surface area contributed by atoms with E-state index in [2.05, 4.69) is 20.9 Å². The fraction of sp³-hybridized carbons (Fsp3) is 0.389. The number of carbonyl (C=O) groups is 3. The normalized spacial score (nSPS) is 17.7. The molecule has 0 N–H and O–H groups in total. The molecule has 0 spiro atoms. The lowest BCUT2D eigenvalue weighted by Crippen LogP contribution is -2.56. The monoisotopic (exact) mass is 687 g/mol. The van der Waals surface area contributed by atoms with E-state index in [-0.39, 0.29) is 57.0 Å². The SMILES string of the molecule is C#Cc1c(F)ccc2cc(OC(=O)C(C)(C)C)cc(-c3ncc4c(N5CC6CCC(C5)N6C(=O)OC(C)OC(C)=O)nc(OC)nc4c3F)c12.